The molecular formula is C20H22F2N4O2S. The van der Waals surface area contributed by atoms with Crippen molar-refractivity contribution >= 4 is 22.8 Å². The van der Waals surface area contributed by atoms with Crippen LogP contribution in [-0.4, -0.2) is 40.3 Å². The summed E-state index contributed by atoms with van der Waals surface area (Å²) in [6.07, 6.45) is 1.42. The van der Waals surface area contributed by atoms with Crippen LogP contribution in [0.5, 0.6) is 5.75 Å². The molecule has 3 aromatic rings. The predicted molar refractivity (Wildman–Crippen MR) is 107 cm³/mol. The molecular weight excluding hydrogens is 398 g/mol. The fourth-order valence-electron chi connectivity index (χ4n) is 3.48. The van der Waals surface area contributed by atoms with E-state index in [4.69, 9.17) is 4.74 Å². The molecule has 1 aliphatic rings. The maximum absolute atomic E-state index is 14.1. The maximum Gasteiger partial charge on any atom is 0.270 e. The van der Waals surface area contributed by atoms with Crippen molar-refractivity contribution in [2.75, 3.05) is 13.1 Å². The summed E-state index contributed by atoms with van der Waals surface area (Å²) >= 11 is 1.52. The van der Waals surface area contributed by atoms with Gasteiger partial charge in [0, 0.05) is 25.0 Å². The predicted octanol–water partition coefficient (Wildman–Crippen LogP) is 3.32. The van der Waals surface area contributed by atoms with Crippen molar-refractivity contribution in [1.82, 2.24) is 20.0 Å². The molecule has 1 amide bonds. The summed E-state index contributed by atoms with van der Waals surface area (Å²) in [5.74, 6) is -2.87. The average Bonchev–Trinajstić information content (AvgIpc) is 3.23. The second-order valence-corrected chi connectivity index (χ2v) is 8.17. The lowest BCUT2D eigenvalue weighted by Crippen LogP contribution is -2.57. The highest BCUT2D eigenvalue weighted by atomic mass is 32.1. The van der Waals surface area contributed by atoms with Gasteiger partial charge in [0.05, 0.1) is 22.3 Å². The molecule has 9 heteroatoms. The second kappa shape index (κ2) is 7.72. The molecule has 1 atom stereocenters. The summed E-state index contributed by atoms with van der Waals surface area (Å²) in [4.78, 5) is 18.1. The van der Waals surface area contributed by atoms with Crippen LogP contribution in [0, 0.1) is 13.8 Å². The van der Waals surface area contributed by atoms with Gasteiger partial charge in [-0.1, -0.05) is 0 Å². The Morgan fingerprint density at radius 3 is 3.00 bits per heavy atom. The van der Waals surface area contributed by atoms with Crippen molar-refractivity contribution < 1.29 is 18.3 Å². The van der Waals surface area contributed by atoms with E-state index in [1.807, 2.05) is 25.1 Å². The minimum Gasteiger partial charge on any atom is -0.486 e. The average molecular weight is 420 g/mol. The highest BCUT2D eigenvalue weighted by Crippen LogP contribution is 2.26. The van der Waals surface area contributed by atoms with Gasteiger partial charge in [0.2, 0.25) is 0 Å². The molecule has 0 bridgehead atoms. The topological polar surface area (TPSA) is 67.7 Å². The van der Waals surface area contributed by atoms with Crippen LogP contribution in [0.3, 0.4) is 0 Å². The number of aromatic nitrogens is 2. The number of carbonyl (C=O) groups excluding carboxylic acids is 1. The monoisotopic (exact) mass is 420 g/mol. The number of nitrogens with one attached hydrogen (secondary N) is 2. The minimum atomic E-state index is -2.93. The van der Waals surface area contributed by atoms with Gasteiger partial charge in [0.25, 0.3) is 11.8 Å². The minimum absolute atomic E-state index is 0.0453. The van der Waals surface area contributed by atoms with Gasteiger partial charge in [-0.2, -0.15) is 0 Å². The summed E-state index contributed by atoms with van der Waals surface area (Å²) in [6.45, 7) is 4.38. The highest BCUT2D eigenvalue weighted by Gasteiger charge is 2.42. The summed E-state index contributed by atoms with van der Waals surface area (Å²) < 4.78 is 35.8. The highest BCUT2D eigenvalue weighted by molar-refractivity contribution is 7.09. The van der Waals surface area contributed by atoms with Crippen molar-refractivity contribution in [2.45, 2.75) is 38.8 Å². The fraction of sp³-hybridized carbons (Fsp3) is 0.400. The first-order valence-corrected chi connectivity index (χ1v) is 10.3. The molecule has 0 spiro atoms. The Bertz CT molecular complexity index is 1050. The molecule has 2 N–H and O–H groups in total. The Morgan fingerprint density at radius 2 is 2.28 bits per heavy atom. The summed E-state index contributed by atoms with van der Waals surface area (Å²) in [5.41, 5.74) is 4.54. The van der Waals surface area contributed by atoms with Gasteiger partial charge >= 0.3 is 0 Å². The number of carbonyl (C=O) groups is 1. The van der Waals surface area contributed by atoms with Crippen molar-refractivity contribution in [3.05, 3.63) is 51.7 Å². The number of aryl methyl sites for hydroxylation is 2. The third kappa shape index (κ3) is 3.97. The zero-order valence-electron chi connectivity index (χ0n) is 16.2. The number of hydrogen-bond acceptors (Lipinski definition) is 5. The molecule has 1 aliphatic heterocycles. The quantitative estimate of drug-likeness (QED) is 0.665. The SMILES string of the molecule is Cc1cc2ccc(OCc3scnc3C)cn2c1C(=O)NC1CNCCC1(F)F. The van der Waals surface area contributed by atoms with Crippen LogP contribution in [0.2, 0.25) is 0 Å². The molecule has 0 radical (unpaired) electrons. The van der Waals surface area contributed by atoms with Gasteiger partial charge in [-0.3, -0.25) is 4.79 Å². The number of ether oxygens (including phenoxy) is 1. The van der Waals surface area contributed by atoms with Gasteiger partial charge in [-0.05, 0) is 37.6 Å². The molecule has 4 heterocycles. The zero-order valence-corrected chi connectivity index (χ0v) is 17.0. The molecule has 3 aromatic heterocycles. The number of pyridine rings is 1. The lowest BCUT2D eigenvalue weighted by Gasteiger charge is -2.32. The maximum atomic E-state index is 14.1. The second-order valence-electron chi connectivity index (χ2n) is 7.23. The Labute approximate surface area is 170 Å². The number of alkyl halides is 2. The van der Waals surface area contributed by atoms with E-state index in [-0.39, 0.29) is 19.5 Å². The van der Waals surface area contributed by atoms with E-state index < -0.39 is 17.9 Å². The van der Waals surface area contributed by atoms with E-state index in [9.17, 15) is 13.6 Å². The number of thiazole rings is 1. The number of piperidine rings is 1. The van der Waals surface area contributed by atoms with E-state index >= 15 is 0 Å². The number of fused-ring (bicyclic) bond motifs is 1. The van der Waals surface area contributed by atoms with Gasteiger partial charge in [0.15, 0.2) is 0 Å². The third-order valence-corrected chi connectivity index (χ3v) is 6.07. The van der Waals surface area contributed by atoms with E-state index in [2.05, 4.69) is 15.6 Å². The van der Waals surface area contributed by atoms with Crippen molar-refractivity contribution in [3.63, 3.8) is 0 Å². The first-order chi connectivity index (χ1) is 13.8. The molecule has 1 saturated heterocycles. The Balaban J connectivity index is 1.57. The summed E-state index contributed by atoms with van der Waals surface area (Å²) in [6, 6.07) is 4.28. The molecule has 29 heavy (non-hydrogen) atoms. The standard InChI is InChI=1S/C20H22F2N4O2S/c1-12-7-14-3-4-15(28-10-16-13(2)24-11-29-16)9-26(14)18(12)19(27)25-17-8-23-6-5-20(17,21)22/h3-4,7,9,11,17,23H,5-6,8,10H2,1-2H3,(H,25,27). The van der Waals surface area contributed by atoms with Crippen LogP contribution >= 0.6 is 11.3 Å². The van der Waals surface area contributed by atoms with E-state index in [0.29, 0.717) is 23.6 Å². The molecule has 0 aliphatic carbocycles. The first-order valence-electron chi connectivity index (χ1n) is 9.38. The molecule has 1 fully saturated rings. The number of amides is 1. The Morgan fingerprint density at radius 1 is 1.45 bits per heavy atom. The Kier molecular flexibility index (Phi) is 5.26. The van der Waals surface area contributed by atoms with Crippen LogP contribution in [0.25, 0.3) is 5.52 Å². The van der Waals surface area contributed by atoms with Crippen LogP contribution < -0.4 is 15.4 Å². The number of halogens is 2. The number of rotatable bonds is 5. The first kappa shape index (κ1) is 19.8. The smallest absolute Gasteiger partial charge is 0.270 e. The molecule has 4 rings (SSSR count). The van der Waals surface area contributed by atoms with Crippen LogP contribution in [-0.2, 0) is 6.61 Å². The number of nitrogens with zero attached hydrogens (tertiary/aromatic N) is 2. The van der Waals surface area contributed by atoms with Gasteiger partial charge in [0.1, 0.15) is 24.1 Å². The van der Waals surface area contributed by atoms with Gasteiger partial charge < -0.3 is 19.8 Å². The normalized spacial score (nSPS) is 18.7. The number of hydrogen-bond donors (Lipinski definition) is 2. The van der Waals surface area contributed by atoms with E-state index in [0.717, 1.165) is 16.1 Å². The lowest BCUT2D eigenvalue weighted by molar-refractivity contribution is -0.0543. The fourth-order valence-corrected chi connectivity index (χ4v) is 4.17. The third-order valence-electron chi connectivity index (χ3n) is 5.16. The van der Waals surface area contributed by atoms with Crippen LogP contribution in [0.4, 0.5) is 8.78 Å². The summed E-state index contributed by atoms with van der Waals surface area (Å²) in [7, 11) is 0. The molecule has 0 saturated carbocycles. The zero-order chi connectivity index (χ0) is 20.6. The molecule has 6 nitrogen and oxygen atoms in total. The largest absolute Gasteiger partial charge is 0.486 e. The summed E-state index contributed by atoms with van der Waals surface area (Å²) in [5, 5.41) is 5.42. The van der Waals surface area contributed by atoms with E-state index in [1.54, 1.807) is 23.0 Å². The van der Waals surface area contributed by atoms with Gasteiger partial charge in [-0.15, -0.1) is 11.3 Å². The molecule has 154 valence electrons. The van der Waals surface area contributed by atoms with Crippen molar-refractivity contribution in [1.29, 1.82) is 0 Å². The van der Waals surface area contributed by atoms with E-state index in [1.165, 1.54) is 11.3 Å². The van der Waals surface area contributed by atoms with Crippen molar-refractivity contribution in [2.24, 2.45) is 0 Å². The van der Waals surface area contributed by atoms with Crippen molar-refractivity contribution in [3.8, 4) is 5.75 Å². The van der Waals surface area contributed by atoms with Crippen LogP contribution in [0.1, 0.15) is 33.0 Å². The molecule has 0 aromatic carbocycles. The van der Waals surface area contributed by atoms with Crippen LogP contribution in [0.15, 0.2) is 29.9 Å². The Hall–Kier alpha value is -2.52. The lowest BCUT2D eigenvalue weighted by atomic mass is 10.0. The molecule has 1 unspecified atom stereocenters. The van der Waals surface area contributed by atoms with Gasteiger partial charge in [-0.25, -0.2) is 13.8 Å².